The molecule has 1 spiro atoms. The zero-order valence-corrected chi connectivity index (χ0v) is 38.2. The first kappa shape index (κ1) is 39.1. The molecule has 12 aromatic rings. The van der Waals surface area contributed by atoms with Gasteiger partial charge in [0.25, 0.3) is 0 Å². The molecule has 0 amide bonds. The van der Waals surface area contributed by atoms with Crippen LogP contribution in [0.25, 0.3) is 66.4 Å². The summed E-state index contributed by atoms with van der Waals surface area (Å²) >= 11 is 0. The van der Waals surface area contributed by atoms with E-state index < -0.39 is 10.8 Å². The second-order valence-corrected chi connectivity index (χ2v) is 19.0. The third-order valence-corrected chi connectivity index (χ3v) is 15.8. The maximum Gasteiger partial charge on any atom is 0.140 e. The summed E-state index contributed by atoms with van der Waals surface area (Å²) < 4.78 is 7.36. The van der Waals surface area contributed by atoms with Gasteiger partial charge in [-0.3, -0.25) is 0 Å². The third-order valence-electron chi connectivity index (χ3n) is 15.8. The molecule has 0 atom stereocenters. The largest absolute Gasteiger partial charge is 0.456 e. The molecule has 0 radical (unpaired) electrons. The van der Waals surface area contributed by atoms with Gasteiger partial charge in [0.2, 0.25) is 0 Å². The van der Waals surface area contributed by atoms with Gasteiger partial charge < -0.3 is 9.32 Å². The Morgan fingerprint density at radius 2 is 0.743 bits per heavy atom. The molecular weight excluding hydrogens is 847 g/mol. The molecule has 3 aliphatic rings. The van der Waals surface area contributed by atoms with E-state index in [-0.39, 0.29) is 0 Å². The molecular formula is C68H43NO. The first-order valence-electron chi connectivity index (χ1n) is 24.3. The van der Waals surface area contributed by atoms with Crippen molar-refractivity contribution in [1.82, 2.24) is 0 Å². The van der Waals surface area contributed by atoms with Crippen LogP contribution in [0.15, 0.2) is 265 Å². The number of hydrogen-bond donors (Lipinski definition) is 0. The van der Waals surface area contributed by atoms with Crippen molar-refractivity contribution in [3.8, 4) is 44.5 Å². The molecule has 3 aliphatic carbocycles. The fourth-order valence-corrected chi connectivity index (χ4v) is 13.1. The molecule has 70 heavy (non-hydrogen) atoms. The highest BCUT2D eigenvalue weighted by Crippen LogP contribution is 2.64. The Morgan fingerprint density at radius 1 is 0.300 bits per heavy atom. The number of benzene rings is 11. The average Bonchev–Trinajstić information content (AvgIpc) is 4.15. The van der Waals surface area contributed by atoms with E-state index in [1.807, 2.05) is 0 Å². The molecule has 0 aliphatic heterocycles. The zero-order chi connectivity index (χ0) is 46.0. The highest BCUT2D eigenvalue weighted by Gasteiger charge is 2.52. The predicted molar refractivity (Wildman–Crippen MR) is 287 cm³/mol. The Balaban J connectivity index is 1.00. The summed E-state index contributed by atoms with van der Waals surface area (Å²) in [7, 11) is 0. The Bertz CT molecular complexity index is 3960. The molecule has 0 bridgehead atoms. The Labute approximate surface area is 407 Å². The molecule has 326 valence electrons. The maximum absolute atomic E-state index is 7.36. The lowest BCUT2D eigenvalue weighted by molar-refractivity contribution is 0.648. The van der Waals surface area contributed by atoms with E-state index in [1.165, 1.54) is 83.5 Å². The van der Waals surface area contributed by atoms with Crippen molar-refractivity contribution in [2.45, 2.75) is 10.8 Å². The van der Waals surface area contributed by atoms with E-state index in [0.717, 1.165) is 44.6 Å². The Kier molecular flexibility index (Phi) is 8.24. The van der Waals surface area contributed by atoms with E-state index >= 15 is 0 Å². The van der Waals surface area contributed by atoms with Gasteiger partial charge in [0.15, 0.2) is 0 Å². The zero-order valence-electron chi connectivity index (χ0n) is 38.2. The van der Waals surface area contributed by atoms with Crippen LogP contribution in [0, 0.1) is 0 Å². The molecule has 0 saturated carbocycles. The smallest absolute Gasteiger partial charge is 0.140 e. The number of para-hydroxylation sites is 1. The van der Waals surface area contributed by atoms with E-state index in [0.29, 0.717) is 0 Å². The van der Waals surface area contributed by atoms with Crippen molar-refractivity contribution in [3.63, 3.8) is 0 Å². The van der Waals surface area contributed by atoms with Gasteiger partial charge in [0.1, 0.15) is 11.2 Å². The van der Waals surface area contributed by atoms with Gasteiger partial charge in [0.05, 0.1) is 21.9 Å². The topological polar surface area (TPSA) is 16.4 Å². The normalized spacial score (nSPS) is 13.9. The van der Waals surface area contributed by atoms with E-state index in [2.05, 4.69) is 266 Å². The lowest BCUT2D eigenvalue weighted by Gasteiger charge is -2.33. The lowest BCUT2D eigenvalue weighted by atomic mass is 9.67. The minimum absolute atomic E-state index is 0.485. The van der Waals surface area contributed by atoms with Crippen molar-refractivity contribution in [2.24, 2.45) is 0 Å². The first-order chi connectivity index (χ1) is 34.7. The summed E-state index contributed by atoms with van der Waals surface area (Å²) in [5.74, 6) is 0. The fourth-order valence-electron chi connectivity index (χ4n) is 13.1. The van der Waals surface area contributed by atoms with Crippen LogP contribution in [0.2, 0.25) is 0 Å². The number of fused-ring (bicyclic) bond motifs is 16. The summed E-state index contributed by atoms with van der Waals surface area (Å²) in [6.07, 6.45) is 0. The summed E-state index contributed by atoms with van der Waals surface area (Å²) in [5.41, 5.74) is 24.0. The van der Waals surface area contributed by atoms with E-state index in [4.69, 9.17) is 4.42 Å². The SMILES string of the molecule is c1ccc(-c2ccc(N(c3ccc4c(c3)C3(c5ccccc5-c5ccccc53)c3ccccc3-4)c3cccc4oc5c(C6(c7ccccc7)c7ccccc7-c7ccccc76)cccc5c34)cc2)cc1. The standard InChI is InChI=1S/C68H43NO/c1-3-19-44(20-4-1)45-37-39-47(40-38-45)69(48-41-42-54-53-27-11-16-33-60(53)68(62(54)43-48)58-31-14-9-25-51(58)52-26-10-15-32-59(52)68)63-35-18-36-64-65(63)55-28-17-34-61(66(55)70-64)67(46-21-5-2-6-22-46)56-29-12-7-23-49(56)50-24-8-13-30-57(50)67/h1-43H. The van der Waals surface area contributed by atoms with Gasteiger partial charge in [-0.05, 0) is 120 Å². The number of anilines is 3. The first-order valence-corrected chi connectivity index (χ1v) is 24.3. The molecule has 2 heteroatoms. The molecule has 2 nitrogen and oxygen atoms in total. The van der Waals surface area contributed by atoms with Gasteiger partial charge in [-0.25, -0.2) is 0 Å². The van der Waals surface area contributed by atoms with E-state index in [9.17, 15) is 0 Å². The van der Waals surface area contributed by atoms with Crippen LogP contribution in [0.1, 0.15) is 44.5 Å². The van der Waals surface area contributed by atoms with Crippen LogP contribution in [0.4, 0.5) is 17.1 Å². The Morgan fingerprint density at radius 3 is 1.31 bits per heavy atom. The van der Waals surface area contributed by atoms with Crippen LogP contribution >= 0.6 is 0 Å². The van der Waals surface area contributed by atoms with Crippen LogP contribution in [0.3, 0.4) is 0 Å². The number of nitrogens with zero attached hydrogens (tertiary/aromatic N) is 1. The van der Waals surface area contributed by atoms with Crippen molar-refractivity contribution in [2.75, 3.05) is 4.90 Å². The molecule has 1 aromatic heterocycles. The van der Waals surface area contributed by atoms with Gasteiger partial charge in [-0.2, -0.15) is 0 Å². The van der Waals surface area contributed by atoms with Gasteiger partial charge in [0, 0.05) is 22.3 Å². The lowest BCUT2D eigenvalue weighted by Crippen LogP contribution is -2.28. The summed E-state index contributed by atoms with van der Waals surface area (Å²) in [4.78, 5) is 2.47. The summed E-state index contributed by atoms with van der Waals surface area (Å²) in [6, 6.07) is 96.4. The third kappa shape index (κ3) is 5.12. The predicted octanol–water partition coefficient (Wildman–Crippen LogP) is 17.4. The van der Waals surface area contributed by atoms with Gasteiger partial charge >= 0.3 is 0 Å². The van der Waals surface area contributed by atoms with Crippen LogP contribution in [-0.2, 0) is 10.8 Å². The van der Waals surface area contributed by atoms with Crippen molar-refractivity contribution >= 4 is 39.0 Å². The minimum Gasteiger partial charge on any atom is -0.456 e. The number of furan rings is 1. The second-order valence-electron chi connectivity index (χ2n) is 19.0. The maximum atomic E-state index is 7.36. The number of rotatable bonds is 6. The van der Waals surface area contributed by atoms with Gasteiger partial charge in [-0.1, -0.05) is 224 Å². The molecule has 0 N–H and O–H groups in total. The average molecular weight is 890 g/mol. The molecule has 15 rings (SSSR count). The Hall–Kier alpha value is -8.98. The summed E-state index contributed by atoms with van der Waals surface area (Å²) in [6.45, 7) is 0. The second kappa shape index (κ2) is 14.8. The summed E-state index contributed by atoms with van der Waals surface area (Å²) in [5, 5.41) is 2.15. The monoisotopic (exact) mass is 889 g/mol. The quantitative estimate of drug-likeness (QED) is 0.165. The highest BCUT2D eigenvalue weighted by atomic mass is 16.3. The van der Waals surface area contributed by atoms with Crippen molar-refractivity contribution in [1.29, 1.82) is 0 Å². The molecule has 0 saturated heterocycles. The molecule has 1 heterocycles. The molecule has 0 unspecified atom stereocenters. The van der Waals surface area contributed by atoms with E-state index in [1.54, 1.807) is 0 Å². The van der Waals surface area contributed by atoms with Crippen LogP contribution in [-0.4, -0.2) is 0 Å². The van der Waals surface area contributed by atoms with Crippen molar-refractivity contribution in [3.05, 3.63) is 305 Å². The molecule has 0 fully saturated rings. The molecule has 11 aromatic carbocycles. The van der Waals surface area contributed by atoms with Crippen LogP contribution in [0.5, 0.6) is 0 Å². The minimum atomic E-state index is -0.619. The fraction of sp³-hybridized carbons (Fsp3) is 0.0294. The number of hydrogen-bond acceptors (Lipinski definition) is 2. The van der Waals surface area contributed by atoms with Crippen LogP contribution < -0.4 is 4.90 Å². The van der Waals surface area contributed by atoms with Crippen molar-refractivity contribution < 1.29 is 4.42 Å². The highest BCUT2D eigenvalue weighted by molar-refractivity contribution is 6.15. The van der Waals surface area contributed by atoms with Gasteiger partial charge in [-0.15, -0.1) is 0 Å².